The Kier molecular flexibility index (Phi) is 5.66. The molecule has 2 aromatic heterocycles. The van der Waals surface area contributed by atoms with E-state index in [4.69, 9.17) is 9.26 Å². The van der Waals surface area contributed by atoms with Gasteiger partial charge in [0.25, 0.3) is 5.91 Å². The Bertz CT molecular complexity index is 1230. The van der Waals surface area contributed by atoms with Gasteiger partial charge in [0, 0.05) is 23.4 Å². The van der Waals surface area contributed by atoms with Gasteiger partial charge in [-0.2, -0.15) is 4.98 Å². The number of amides is 1. The van der Waals surface area contributed by atoms with E-state index in [9.17, 15) is 4.79 Å². The number of hydrogen-bond acceptors (Lipinski definition) is 6. The highest BCUT2D eigenvalue weighted by Crippen LogP contribution is 2.23. The number of aryl methyl sites for hydroxylation is 1. The number of aromatic nitrogens is 3. The Morgan fingerprint density at radius 2 is 1.87 bits per heavy atom. The molecule has 1 amide bonds. The molecule has 0 aliphatic heterocycles. The third kappa shape index (κ3) is 4.55. The molecule has 31 heavy (non-hydrogen) atoms. The summed E-state index contributed by atoms with van der Waals surface area (Å²) in [6, 6.07) is 15.1. The number of nitrogens with one attached hydrogen (secondary N) is 1. The first kappa shape index (κ1) is 20.5. The zero-order chi connectivity index (χ0) is 22.0. The Labute approximate surface area is 180 Å². The standard InChI is InChI=1S/C24H24N4O3/c1-14(2)24-27-22(28-31-24)11-16-5-7-18(8-6-16)26-23(29)20-13-17-12-19(30-4)9-10-21(17)25-15(20)3/h5-10,12-14H,11H2,1-4H3,(H,26,29). The number of carbonyl (C=O) groups excluding carboxylic acids is 1. The van der Waals surface area contributed by atoms with Crippen molar-refractivity contribution >= 4 is 22.5 Å². The molecule has 7 nitrogen and oxygen atoms in total. The van der Waals surface area contributed by atoms with E-state index in [0.29, 0.717) is 35.1 Å². The van der Waals surface area contributed by atoms with Gasteiger partial charge in [-0.1, -0.05) is 31.1 Å². The SMILES string of the molecule is COc1ccc2nc(C)c(C(=O)Nc3ccc(Cc4noc(C(C)C)n4)cc3)cc2c1. The minimum Gasteiger partial charge on any atom is -0.497 e. The fraction of sp³-hybridized carbons (Fsp3) is 0.250. The number of rotatable bonds is 6. The van der Waals surface area contributed by atoms with Crippen molar-refractivity contribution in [3.05, 3.63) is 77.1 Å². The molecule has 0 atom stereocenters. The van der Waals surface area contributed by atoms with E-state index in [2.05, 4.69) is 20.4 Å². The van der Waals surface area contributed by atoms with E-state index in [-0.39, 0.29) is 11.8 Å². The van der Waals surface area contributed by atoms with Crippen molar-refractivity contribution < 1.29 is 14.1 Å². The van der Waals surface area contributed by atoms with Crippen LogP contribution >= 0.6 is 0 Å². The predicted molar refractivity (Wildman–Crippen MR) is 119 cm³/mol. The number of benzene rings is 2. The molecule has 0 unspecified atom stereocenters. The molecule has 2 heterocycles. The molecule has 0 saturated carbocycles. The van der Waals surface area contributed by atoms with Crippen molar-refractivity contribution in [1.29, 1.82) is 0 Å². The summed E-state index contributed by atoms with van der Waals surface area (Å²) in [5.74, 6) is 2.00. The Morgan fingerprint density at radius 3 is 2.55 bits per heavy atom. The van der Waals surface area contributed by atoms with Crippen LogP contribution in [0.1, 0.15) is 53.1 Å². The van der Waals surface area contributed by atoms with Crippen molar-refractivity contribution in [3.63, 3.8) is 0 Å². The van der Waals surface area contributed by atoms with Gasteiger partial charge in [-0.15, -0.1) is 0 Å². The lowest BCUT2D eigenvalue weighted by Crippen LogP contribution is -2.14. The number of pyridine rings is 1. The number of fused-ring (bicyclic) bond motifs is 1. The zero-order valence-corrected chi connectivity index (χ0v) is 18.0. The number of hydrogen-bond donors (Lipinski definition) is 1. The number of nitrogens with zero attached hydrogens (tertiary/aromatic N) is 3. The van der Waals surface area contributed by atoms with Gasteiger partial charge in [0.1, 0.15) is 5.75 Å². The molecule has 2 aromatic carbocycles. The van der Waals surface area contributed by atoms with Crippen molar-refractivity contribution in [1.82, 2.24) is 15.1 Å². The number of methoxy groups -OCH3 is 1. The van der Waals surface area contributed by atoms with Crippen LogP contribution in [0.4, 0.5) is 5.69 Å². The molecule has 7 heteroatoms. The molecule has 0 spiro atoms. The molecule has 0 fully saturated rings. The summed E-state index contributed by atoms with van der Waals surface area (Å²) in [4.78, 5) is 21.8. The van der Waals surface area contributed by atoms with E-state index in [1.54, 1.807) is 7.11 Å². The van der Waals surface area contributed by atoms with Crippen LogP contribution in [0.3, 0.4) is 0 Å². The Hall–Kier alpha value is -3.74. The van der Waals surface area contributed by atoms with E-state index in [1.807, 2.05) is 69.3 Å². The molecular weight excluding hydrogens is 392 g/mol. The summed E-state index contributed by atoms with van der Waals surface area (Å²) >= 11 is 0. The van der Waals surface area contributed by atoms with Crippen LogP contribution in [0.5, 0.6) is 5.75 Å². The van der Waals surface area contributed by atoms with Gasteiger partial charge in [0.15, 0.2) is 5.82 Å². The van der Waals surface area contributed by atoms with Crippen LogP contribution in [0.15, 0.2) is 53.1 Å². The third-order valence-electron chi connectivity index (χ3n) is 5.01. The molecule has 0 saturated heterocycles. The second-order valence-electron chi connectivity index (χ2n) is 7.71. The molecular formula is C24H24N4O3. The lowest BCUT2D eigenvalue weighted by molar-refractivity contribution is 0.102. The largest absolute Gasteiger partial charge is 0.497 e. The summed E-state index contributed by atoms with van der Waals surface area (Å²) < 4.78 is 10.5. The lowest BCUT2D eigenvalue weighted by atomic mass is 10.1. The first-order chi connectivity index (χ1) is 14.9. The highest BCUT2D eigenvalue weighted by molar-refractivity contribution is 6.06. The lowest BCUT2D eigenvalue weighted by Gasteiger charge is -2.10. The van der Waals surface area contributed by atoms with Gasteiger partial charge in [-0.05, 0) is 48.9 Å². The van der Waals surface area contributed by atoms with Crippen LogP contribution in [0.2, 0.25) is 0 Å². The van der Waals surface area contributed by atoms with Crippen LogP contribution < -0.4 is 10.1 Å². The fourth-order valence-electron chi connectivity index (χ4n) is 3.27. The predicted octanol–water partition coefficient (Wildman–Crippen LogP) is 4.90. The molecule has 158 valence electrons. The molecule has 4 aromatic rings. The second-order valence-corrected chi connectivity index (χ2v) is 7.71. The smallest absolute Gasteiger partial charge is 0.257 e. The number of ether oxygens (including phenoxy) is 1. The molecule has 1 N–H and O–H groups in total. The van der Waals surface area contributed by atoms with Gasteiger partial charge in [0.2, 0.25) is 5.89 Å². The van der Waals surface area contributed by atoms with Crippen molar-refractivity contribution in [3.8, 4) is 5.75 Å². The monoisotopic (exact) mass is 416 g/mol. The van der Waals surface area contributed by atoms with Crippen molar-refractivity contribution in [2.45, 2.75) is 33.1 Å². The summed E-state index contributed by atoms with van der Waals surface area (Å²) in [6.07, 6.45) is 0.569. The Balaban J connectivity index is 1.48. The second kappa shape index (κ2) is 8.55. The quantitative estimate of drug-likeness (QED) is 0.481. The summed E-state index contributed by atoms with van der Waals surface area (Å²) in [5, 5.41) is 7.81. The maximum absolute atomic E-state index is 12.9. The van der Waals surface area contributed by atoms with Gasteiger partial charge in [0.05, 0.1) is 23.9 Å². The summed E-state index contributed by atoms with van der Waals surface area (Å²) in [7, 11) is 1.61. The van der Waals surface area contributed by atoms with Crippen molar-refractivity contribution in [2.24, 2.45) is 0 Å². The first-order valence-electron chi connectivity index (χ1n) is 10.1. The van der Waals surface area contributed by atoms with Crippen LogP contribution in [-0.2, 0) is 6.42 Å². The van der Waals surface area contributed by atoms with Crippen molar-refractivity contribution in [2.75, 3.05) is 12.4 Å². The molecule has 4 rings (SSSR count). The number of anilines is 1. The molecule has 0 aliphatic rings. The fourth-order valence-corrected chi connectivity index (χ4v) is 3.27. The molecule has 0 bridgehead atoms. The van der Waals surface area contributed by atoms with Crippen LogP contribution in [0, 0.1) is 6.92 Å². The molecule has 0 radical (unpaired) electrons. The van der Waals surface area contributed by atoms with E-state index >= 15 is 0 Å². The minimum atomic E-state index is -0.206. The van der Waals surface area contributed by atoms with E-state index < -0.39 is 0 Å². The highest BCUT2D eigenvalue weighted by Gasteiger charge is 2.13. The van der Waals surface area contributed by atoms with Crippen LogP contribution in [0.25, 0.3) is 10.9 Å². The van der Waals surface area contributed by atoms with Gasteiger partial charge < -0.3 is 14.6 Å². The van der Waals surface area contributed by atoms with Crippen LogP contribution in [-0.4, -0.2) is 28.1 Å². The molecule has 0 aliphatic carbocycles. The first-order valence-corrected chi connectivity index (χ1v) is 10.1. The van der Waals surface area contributed by atoms with E-state index in [0.717, 1.165) is 22.2 Å². The zero-order valence-electron chi connectivity index (χ0n) is 18.0. The average Bonchev–Trinajstić information content (AvgIpc) is 3.23. The average molecular weight is 416 g/mol. The normalized spacial score (nSPS) is 11.1. The van der Waals surface area contributed by atoms with Gasteiger partial charge >= 0.3 is 0 Å². The third-order valence-corrected chi connectivity index (χ3v) is 5.01. The van der Waals surface area contributed by atoms with E-state index in [1.165, 1.54) is 0 Å². The highest BCUT2D eigenvalue weighted by atomic mass is 16.5. The topological polar surface area (TPSA) is 90.1 Å². The maximum Gasteiger partial charge on any atom is 0.257 e. The number of carbonyl (C=O) groups is 1. The summed E-state index contributed by atoms with van der Waals surface area (Å²) in [6.45, 7) is 5.86. The van der Waals surface area contributed by atoms with Gasteiger partial charge in [-0.25, -0.2) is 0 Å². The maximum atomic E-state index is 12.9. The summed E-state index contributed by atoms with van der Waals surface area (Å²) in [5.41, 5.74) is 3.75. The Morgan fingerprint density at radius 1 is 1.10 bits per heavy atom. The minimum absolute atomic E-state index is 0.202. The van der Waals surface area contributed by atoms with Gasteiger partial charge in [-0.3, -0.25) is 9.78 Å².